The number of ether oxygens (including phenoxy) is 5. The van der Waals surface area contributed by atoms with Crippen LogP contribution in [0.4, 0.5) is 19.4 Å². The van der Waals surface area contributed by atoms with Crippen LogP contribution in [0, 0.1) is 36.3 Å². The number of halogens is 2. The molecule has 6 aromatic rings. The zero-order valence-electron chi connectivity index (χ0n) is 52.1. The van der Waals surface area contributed by atoms with Crippen molar-refractivity contribution in [3.63, 3.8) is 0 Å². The lowest BCUT2D eigenvalue weighted by atomic mass is 9.85. The molecule has 474 valence electrons. The van der Waals surface area contributed by atoms with Crippen LogP contribution in [0.1, 0.15) is 116 Å². The zero-order valence-corrected chi connectivity index (χ0v) is 52.9. The standard InChI is InChI=1S/C66H80F2N10O10S/c1-11-48-51(67)23-20-42-27-47(87-37-84-10)29-49(54(42)48)56-55(68)57-50(30-69-56)60(76-31-43-21-22-44(32-76)78(43)64(83)88-66(7,8)9)74-63(73-57)86-34-45-15-14-25-75(45)24-12-13-26-85-35-53(80)72-59(65(4,5)6)62(82)77-33-46(79)28-52(77)61(81)71-38(2)40-16-18-41(19-17-40)58-39(3)70-36-89-58/h1,16-20,23,27,29-30,36,38,43-46,52,59,79H,12-15,21-22,24-26,28,31-35,37H2,2-10H3,(H,71,81)(H,72,80)/t38-,43-,44+,45-,46+,52-,59+/m0/s1. The second-order valence-electron chi connectivity index (χ2n) is 25.7. The van der Waals surface area contributed by atoms with Gasteiger partial charge in [-0.1, -0.05) is 57.0 Å². The average Bonchev–Trinajstić information content (AvgIpc) is 1.75. The number of nitrogens with zero attached hydrogens (tertiary/aromatic N) is 8. The molecule has 3 N–H and O–H groups in total. The number of amides is 4. The van der Waals surface area contributed by atoms with Crippen molar-refractivity contribution < 1.29 is 56.7 Å². The Morgan fingerprint density at radius 1 is 0.933 bits per heavy atom. The summed E-state index contributed by atoms with van der Waals surface area (Å²) in [7, 11) is 1.47. The lowest BCUT2D eigenvalue weighted by molar-refractivity contribution is -0.144. The number of fused-ring (bicyclic) bond motifs is 4. The second kappa shape index (κ2) is 27.2. The number of hydrogen-bond acceptors (Lipinski definition) is 17. The molecule has 4 aliphatic heterocycles. The van der Waals surface area contributed by atoms with E-state index in [2.05, 4.69) is 31.4 Å². The molecule has 20 nitrogen and oxygen atoms in total. The quantitative estimate of drug-likeness (QED) is 0.0347. The third-order valence-corrected chi connectivity index (χ3v) is 18.0. The number of anilines is 1. The molecule has 10 rings (SSSR count). The van der Waals surface area contributed by atoms with E-state index in [1.54, 1.807) is 29.5 Å². The number of aliphatic hydroxyl groups excluding tert-OH is 1. The van der Waals surface area contributed by atoms with Gasteiger partial charge >= 0.3 is 12.1 Å². The Balaban J connectivity index is 0.774. The van der Waals surface area contributed by atoms with Crippen LogP contribution in [0.5, 0.6) is 11.8 Å². The summed E-state index contributed by atoms with van der Waals surface area (Å²) in [6.07, 6.45) is 10.8. The van der Waals surface area contributed by atoms with E-state index in [1.165, 1.54) is 24.3 Å². The maximum absolute atomic E-state index is 17.7. The van der Waals surface area contributed by atoms with Crippen molar-refractivity contribution in [2.45, 2.75) is 148 Å². The Morgan fingerprint density at radius 2 is 1.69 bits per heavy atom. The number of benzene rings is 3. The van der Waals surface area contributed by atoms with Crippen molar-refractivity contribution in [3.05, 3.63) is 88.7 Å². The van der Waals surface area contributed by atoms with E-state index in [-0.39, 0.29) is 104 Å². The number of carbonyl (C=O) groups excluding carboxylic acids is 4. The number of terminal acetylenes is 1. The predicted molar refractivity (Wildman–Crippen MR) is 334 cm³/mol. The summed E-state index contributed by atoms with van der Waals surface area (Å²) < 4.78 is 62.2. The van der Waals surface area contributed by atoms with Crippen LogP contribution in [0.2, 0.25) is 0 Å². The number of aromatic nitrogens is 4. The average molecular weight is 1240 g/mol. The van der Waals surface area contributed by atoms with Crippen molar-refractivity contribution in [2.24, 2.45) is 5.41 Å². The molecule has 7 atom stereocenters. The molecular weight excluding hydrogens is 1160 g/mol. The van der Waals surface area contributed by atoms with Gasteiger partial charge in [0.15, 0.2) is 12.6 Å². The van der Waals surface area contributed by atoms with Crippen molar-refractivity contribution in [3.8, 4) is 45.8 Å². The number of thiazole rings is 1. The number of aryl methyl sites for hydroxylation is 1. The normalized spacial score (nSPS) is 20.2. The first-order valence-corrected chi connectivity index (χ1v) is 31.4. The van der Waals surface area contributed by atoms with Gasteiger partial charge in [0, 0.05) is 63.0 Å². The van der Waals surface area contributed by atoms with Crippen LogP contribution < -0.4 is 25.0 Å². The molecular formula is C66H80F2N10O10S. The van der Waals surface area contributed by atoms with Gasteiger partial charge in [0.1, 0.15) is 59.5 Å². The van der Waals surface area contributed by atoms with E-state index in [4.69, 9.17) is 40.1 Å². The third-order valence-electron chi connectivity index (χ3n) is 17.0. The minimum absolute atomic E-state index is 0.0249. The first-order valence-electron chi connectivity index (χ1n) is 30.5. The predicted octanol–water partition coefficient (Wildman–Crippen LogP) is 9.12. The molecule has 4 amide bonds. The smallest absolute Gasteiger partial charge is 0.410 e. The van der Waals surface area contributed by atoms with Crippen molar-refractivity contribution in [2.75, 3.05) is 71.3 Å². The number of carbonyl (C=O) groups is 4. The van der Waals surface area contributed by atoms with E-state index in [0.29, 0.717) is 48.4 Å². The summed E-state index contributed by atoms with van der Waals surface area (Å²) in [4.78, 5) is 82.4. The van der Waals surface area contributed by atoms with Gasteiger partial charge in [0.05, 0.1) is 51.3 Å². The van der Waals surface area contributed by atoms with Gasteiger partial charge in [-0.15, -0.1) is 17.8 Å². The van der Waals surface area contributed by atoms with E-state index in [0.717, 1.165) is 60.3 Å². The number of β-amino-alcohol motifs (C(OH)–C–C–N with tert-alkyl or cyclic N) is 1. The number of hydrogen-bond donors (Lipinski definition) is 3. The molecule has 0 spiro atoms. The number of aliphatic hydroxyl groups is 1. The van der Waals surface area contributed by atoms with Gasteiger partial charge in [-0.05, 0) is 126 Å². The number of unbranched alkanes of at least 4 members (excludes halogenated alkanes) is 1. The van der Waals surface area contributed by atoms with Gasteiger partial charge in [0.25, 0.3) is 0 Å². The summed E-state index contributed by atoms with van der Waals surface area (Å²) in [5.41, 5.74) is 3.15. The van der Waals surface area contributed by atoms with Crippen LogP contribution in [-0.2, 0) is 28.6 Å². The van der Waals surface area contributed by atoms with Crippen LogP contribution in [0.15, 0.2) is 60.2 Å². The molecule has 23 heteroatoms. The summed E-state index contributed by atoms with van der Waals surface area (Å²) in [6, 6.07) is 11.1. The number of nitrogens with one attached hydrogen (secondary N) is 2. The number of pyridine rings is 1. The maximum Gasteiger partial charge on any atom is 0.410 e. The van der Waals surface area contributed by atoms with Crippen LogP contribution >= 0.6 is 11.3 Å². The van der Waals surface area contributed by atoms with Crippen LogP contribution in [-0.4, -0.2) is 172 Å². The molecule has 4 fully saturated rings. The van der Waals surface area contributed by atoms with E-state index < -0.39 is 58.6 Å². The lowest BCUT2D eigenvalue weighted by Crippen LogP contribution is -2.58. The van der Waals surface area contributed by atoms with Crippen molar-refractivity contribution >= 4 is 62.6 Å². The maximum atomic E-state index is 17.7. The number of methoxy groups -OCH3 is 1. The first-order chi connectivity index (χ1) is 42.5. The minimum atomic E-state index is -1.01. The zero-order chi connectivity index (χ0) is 63.5. The summed E-state index contributed by atoms with van der Waals surface area (Å²) >= 11 is 1.56. The van der Waals surface area contributed by atoms with Gasteiger partial charge in [-0.2, -0.15) is 9.97 Å². The Labute approximate surface area is 522 Å². The highest BCUT2D eigenvalue weighted by molar-refractivity contribution is 7.13. The molecule has 0 radical (unpaired) electrons. The molecule has 4 aliphatic rings. The molecule has 89 heavy (non-hydrogen) atoms. The Hall–Kier alpha value is -7.62. The summed E-state index contributed by atoms with van der Waals surface area (Å²) in [6.45, 7) is 17.2. The Morgan fingerprint density at radius 3 is 2.37 bits per heavy atom. The monoisotopic (exact) mass is 1240 g/mol. The Kier molecular flexibility index (Phi) is 19.7. The van der Waals surface area contributed by atoms with Crippen molar-refractivity contribution in [1.82, 2.24) is 45.3 Å². The number of rotatable bonds is 21. The van der Waals surface area contributed by atoms with Crippen molar-refractivity contribution in [1.29, 1.82) is 0 Å². The molecule has 3 aromatic carbocycles. The molecule has 4 saturated heterocycles. The topological polar surface area (TPSA) is 223 Å². The van der Waals surface area contributed by atoms with E-state index in [1.807, 2.05) is 95.0 Å². The van der Waals surface area contributed by atoms with E-state index in [9.17, 15) is 24.3 Å². The fourth-order valence-electron chi connectivity index (χ4n) is 12.6. The largest absolute Gasteiger partial charge is 0.468 e. The lowest BCUT2D eigenvalue weighted by Gasteiger charge is -2.42. The van der Waals surface area contributed by atoms with Crippen LogP contribution in [0.25, 0.3) is 43.4 Å². The van der Waals surface area contributed by atoms with Gasteiger partial charge in [0.2, 0.25) is 17.7 Å². The molecule has 7 heterocycles. The Bertz CT molecular complexity index is 3610. The number of piperazine rings is 1. The molecule has 3 aromatic heterocycles. The molecule has 0 aliphatic carbocycles. The van der Waals surface area contributed by atoms with Gasteiger partial charge < -0.3 is 49.2 Å². The van der Waals surface area contributed by atoms with Gasteiger partial charge in [-0.3, -0.25) is 29.2 Å². The second-order valence-corrected chi connectivity index (χ2v) is 26.5. The highest BCUT2D eigenvalue weighted by atomic mass is 32.1. The highest BCUT2D eigenvalue weighted by Gasteiger charge is 2.47. The fourth-order valence-corrected chi connectivity index (χ4v) is 13.4. The summed E-state index contributed by atoms with van der Waals surface area (Å²) in [5.74, 6) is 0.358. The minimum Gasteiger partial charge on any atom is -0.468 e. The molecule has 0 unspecified atom stereocenters. The fraction of sp³-hybridized carbons (Fsp3) is 0.515. The molecule has 2 bridgehead atoms. The molecule has 0 saturated carbocycles. The third kappa shape index (κ3) is 14.5. The first kappa shape index (κ1) is 64.4. The highest BCUT2D eigenvalue weighted by Crippen LogP contribution is 2.41. The van der Waals surface area contributed by atoms with E-state index >= 15 is 8.78 Å². The van der Waals surface area contributed by atoms with Gasteiger partial charge in [-0.25, -0.2) is 18.6 Å². The number of likely N-dealkylation sites (tertiary alicyclic amines) is 2. The summed E-state index contributed by atoms with van der Waals surface area (Å²) in [5, 5.41) is 17.8. The van der Waals surface area contributed by atoms with Crippen LogP contribution in [0.3, 0.4) is 0 Å². The SMILES string of the molecule is C#Cc1c(F)ccc2cc(OCOC)cc(-c3ncc4c(N5C[C@H]6CC[C@@H](C5)N6C(=O)OC(C)(C)C)nc(OC[C@@H]5CCCN5CCCCOCC(=O)N[C@H](C(=O)N5C[C@H](O)C[C@H]5C(=O)N[C@@H](C)c5ccc(-c6scnc6C)cc5)C(C)(C)C)nc4c3F)c12.